The molecule has 0 unspecified atom stereocenters. The standard InChI is InChI=1S/C22H23FSe.C15H16BFO2.C7H9BrSe/c1-3-5-16-7-9-17(10-8-16)18-11-13-20(21(23)15-18)22-14-12-19(24-22)6-4-2;1-2-3-11-4-6-12(7-5-11)13-8-9-14(16(18)19)15(17)10-13;1-2-3-6-4-5-7(8)9-6/h7-15H,3-6H2,1-2H3;4-10,18-19H,2-3H2,1H3;4-5H,2-3H2,1H3. The molecule has 6 aromatic rings. The summed E-state index contributed by atoms with van der Waals surface area (Å²) < 4.78 is 34.0. The maximum absolute atomic E-state index is 14.6. The van der Waals surface area contributed by atoms with Crippen molar-refractivity contribution in [1.82, 2.24) is 0 Å². The molecule has 2 N–H and O–H groups in total. The van der Waals surface area contributed by atoms with Crippen LogP contribution in [0, 0.1) is 11.6 Å². The molecule has 0 aliphatic heterocycles. The van der Waals surface area contributed by atoms with E-state index < -0.39 is 12.9 Å². The fourth-order valence-corrected chi connectivity index (χ4v) is 11.1. The van der Waals surface area contributed by atoms with Crippen LogP contribution in [0.1, 0.15) is 73.4 Å². The van der Waals surface area contributed by atoms with Crippen molar-refractivity contribution in [2.24, 2.45) is 0 Å². The number of rotatable bonds is 12. The Balaban J connectivity index is 0.000000192. The van der Waals surface area contributed by atoms with Crippen molar-refractivity contribution in [3.8, 4) is 32.3 Å². The van der Waals surface area contributed by atoms with E-state index in [1.807, 2.05) is 36.4 Å². The number of hydrogen-bond acceptors (Lipinski definition) is 2. The van der Waals surface area contributed by atoms with E-state index in [1.54, 1.807) is 16.6 Å². The number of hydrogen-bond donors (Lipinski definition) is 2. The summed E-state index contributed by atoms with van der Waals surface area (Å²) in [5.41, 5.74) is 6.93. The Bertz CT molecular complexity index is 1950. The molecule has 0 radical (unpaired) electrons. The normalized spacial score (nSPS) is 10.6. The summed E-state index contributed by atoms with van der Waals surface area (Å²) in [5.74, 6) is -0.713. The van der Waals surface area contributed by atoms with Crippen LogP contribution in [-0.2, 0) is 25.7 Å². The topological polar surface area (TPSA) is 40.5 Å². The zero-order valence-electron chi connectivity index (χ0n) is 30.5. The Morgan fingerprint density at radius 2 is 0.981 bits per heavy atom. The quantitative estimate of drug-likeness (QED) is 0.120. The molecule has 4 aromatic carbocycles. The van der Waals surface area contributed by atoms with Gasteiger partial charge in [-0.05, 0) is 29.2 Å². The fraction of sp³-hybridized carbons (Fsp3) is 0.273. The predicted octanol–water partition coefficient (Wildman–Crippen LogP) is 10.7. The van der Waals surface area contributed by atoms with Crippen LogP contribution in [-0.4, -0.2) is 46.2 Å². The third kappa shape index (κ3) is 12.7. The van der Waals surface area contributed by atoms with Gasteiger partial charge in [0.2, 0.25) is 0 Å². The van der Waals surface area contributed by atoms with Gasteiger partial charge in [-0.3, -0.25) is 0 Å². The summed E-state index contributed by atoms with van der Waals surface area (Å²) in [6, 6.07) is 35.2. The van der Waals surface area contributed by atoms with Crippen LogP contribution in [0.4, 0.5) is 8.78 Å². The van der Waals surface area contributed by atoms with Crippen molar-refractivity contribution in [3.05, 3.63) is 144 Å². The van der Waals surface area contributed by atoms with Crippen molar-refractivity contribution in [3.63, 3.8) is 0 Å². The Morgan fingerprint density at radius 3 is 1.42 bits per heavy atom. The molecule has 0 bridgehead atoms. The molecule has 0 aliphatic rings. The monoisotopic (exact) mass is 896 g/mol. The summed E-state index contributed by atoms with van der Waals surface area (Å²) in [4.78, 5) is 0. The molecule has 2 heterocycles. The summed E-state index contributed by atoms with van der Waals surface area (Å²) in [6.45, 7) is 8.73. The molecule has 8 heteroatoms. The van der Waals surface area contributed by atoms with E-state index in [-0.39, 0.29) is 25.8 Å². The van der Waals surface area contributed by atoms with Crippen molar-refractivity contribution in [2.75, 3.05) is 0 Å². The third-order valence-corrected chi connectivity index (χ3v) is 14.0. The molecule has 0 aliphatic carbocycles. The van der Waals surface area contributed by atoms with E-state index in [0.717, 1.165) is 70.8 Å². The molecule has 0 saturated carbocycles. The first kappa shape index (κ1) is 42.0. The zero-order valence-corrected chi connectivity index (χ0v) is 35.5. The van der Waals surface area contributed by atoms with E-state index in [4.69, 9.17) is 10.0 Å². The number of aryl methyl sites for hydroxylation is 4. The van der Waals surface area contributed by atoms with Crippen LogP contribution in [0.2, 0.25) is 0 Å². The van der Waals surface area contributed by atoms with Crippen LogP contribution in [0.15, 0.2) is 113 Å². The minimum absolute atomic E-state index is 0.105. The first-order valence-corrected chi connectivity index (χ1v) is 22.3. The Kier molecular flexibility index (Phi) is 17.6. The van der Waals surface area contributed by atoms with Crippen LogP contribution >= 0.6 is 15.9 Å². The average Bonchev–Trinajstić information content (AvgIpc) is 3.78. The Hall–Kier alpha value is -2.80. The molecule has 0 saturated heterocycles. The first-order chi connectivity index (χ1) is 25.1. The molecule has 0 fully saturated rings. The van der Waals surface area contributed by atoms with Gasteiger partial charge in [0.1, 0.15) is 5.82 Å². The van der Waals surface area contributed by atoms with Crippen molar-refractivity contribution in [1.29, 1.82) is 0 Å². The van der Waals surface area contributed by atoms with E-state index in [9.17, 15) is 8.78 Å². The van der Waals surface area contributed by atoms with Gasteiger partial charge >= 0.3 is 227 Å². The Morgan fingerprint density at radius 1 is 0.519 bits per heavy atom. The van der Waals surface area contributed by atoms with Gasteiger partial charge in [0, 0.05) is 5.46 Å². The molecule has 0 amide bonds. The maximum atomic E-state index is 14.6. The van der Waals surface area contributed by atoms with E-state index in [2.05, 4.69) is 92.2 Å². The average molecular weight is 895 g/mol. The van der Waals surface area contributed by atoms with Crippen LogP contribution < -0.4 is 5.46 Å². The molecular formula is C44H48BBrF2O2Se2. The van der Waals surface area contributed by atoms with Crippen molar-refractivity contribution in [2.45, 2.75) is 79.1 Å². The zero-order chi connectivity index (χ0) is 37.5. The molecule has 272 valence electrons. The second kappa shape index (κ2) is 21.8. The Labute approximate surface area is 329 Å². The van der Waals surface area contributed by atoms with E-state index in [1.165, 1.54) is 43.9 Å². The van der Waals surface area contributed by atoms with Gasteiger partial charge < -0.3 is 10.0 Å². The van der Waals surface area contributed by atoms with Gasteiger partial charge in [-0.15, -0.1) is 0 Å². The second-order valence-corrected chi connectivity index (χ2v) is 19.6. The van der Waals surface area contributed by atoms with Gasteiger partial charge in [0.05, 0.1) is 0 Å². The molecule has 0 atom stereocenters. The van der Waals surface area contributed by atoms with E-state index in [0.29, 0.717) is 14.5 Å². The SMILES string of the molecule is CCCc1ccc(-c2ccc(-c3ccc(CCC)[se]3)c(F)c2)cc1.CCCc1ccc(-c2ccc(B(O)O)c(F)c2)cc1.CCCc1ccc(Br)[se]1. The second-order valence-electron chi connectivity index (χ2n) is 12.7. The van der Waals surface area contributed by atoms with Gasteiger partial charge in [0.15, 0.2) is 0 Å². The summed E-state index contributed by atoms with van der Waals surface area (Å²) >= 11 is 4.40. The van der Waals surface area contributed by atoms with Gasteiger partial charge in [-0.1, -0.05) is 49.7 Å². The van der Waals surface area contributed by atoms with Crippen LogP contribution in [0.25, 0.3) is 32.3 Å². The van der Waals surface area contributed by atoms with Crippen molar-refractivity contribution >= 4 is 57.5 Å². The first-order valence-electron chi connectivity index (χ1n) is 18.1. The van der Waals surface area contributed by atoms with Crippen LogP contribution in [0.3, 0.4) is 0 Å². The summed E-state index contributed by atoms with van der Waals surface area (Å²) in [5, 5.41) is 18.0. The molecule has 2 nitrogen and oxygen atoms in total. The predicted molar refractivity (Wildman–Crippen MR) is 223 cm³/mol. The van der Waals surface area contributed by atoms with Gasteiger partial charge in [0.25, 0.3) is 0 Å². The van der Waals surface area contributed by atoms with Gasteiger partial charge in [-0.2, -0.15) is 0 Å². The summed E-state index contributed by atoms with van der Waals surface area (Å²) in [7, 11) is -1.78. The summed E-state index contributed by atoms with van der Waals surface area (Å²) in [6.07, 6.45) is 9.22. The third-order valence-electron chi connectivity index (χ3n) is 8.45. The van der Waals surface area contributed by atoms with E-state index >= 15 is 0 Å². The molecule has 0 spiro atoms. The molecular weight excluding hydrogens is 847 g/mol. The number of halogens is 3. The molecule has 2 aromatic heterocycles. The molecule has 52 heavy (non-hydrogen) atoms. The number of benzene rings is 4. The fourth-order valence-electron chi connectivity index (χ4n) is 5.75. The minimum atomic E-state index is -1.78. The van der Waals surface area contributed by atoms with Crippen LogP contribution in [0.5, 0.6) is 0 Å². The molecule has 6 rings (SSSR count). The van der Waals surface area contributed by atoms with Gasteiger partial charge in [-0.25, -0.2) is 4.39 Å². The van der Waals surface area contributed by atoms with Crippen molar-refractivity contribution < 1.29 is 18.8 Å².